The summed E-state index contributed by atoms with van der Waals surface area (Å²) in [6, 6.07) is 5.86. The van der Waals surface area contributed by atoms with Gasteiger partial charge in [0.05, 0.1) is 5.25 Å². The summed E-state index contributed by atoms with van der Waals surface area (Å²) in [5.74, 6) is -0.703. The number of nitrogen functional groups attached to an aromatic ring is 1. The van der Waals surface area contributed by atoms with Crippen LogP contribution >= 0.6 is 11.8 Å². The van der Waals surface area contributed by atoms with Crippen molar-refractivity contribution in [3.05, 3.63) is 34.6 Å². The number of anilines is 1. The number of para-hydroxylation sites is 1. The molecule has 0 saturated carbocycles. The summed E-state index contributed by atoms with van der Waals surface area (Å²) in [5, 5.41) is 9.38. The van der Waals surface area contributed by atoms with Crippen molar-refractivity contribution in [2.24, 2.45) is 11.7 Å². The molecule has 0 aliphatic heterocycles. The van der Waals surface area contributed by atoms with E-state index < -0.39 is 22.7 Å². The molecule has 1 aromatic heterocycles. The van der Waals surface area contributed by atoms with Gasteiger partial charge in [-0.2, -0.15) is 0 Å². The van der Waals surface area contributed by atoms with Gasteiger partial charge in [0, 0.05) is 11.3 Å². The number of benzene rings is 1. The van der Waals surface area contributed by atoms with Crippen LogP contribution < -0.4 is 22.3 Å². The number of hydrogen-bond donors (Lipinski definition) is 4. The smallest absolute Gasteiger partial charge is 0.318 e. The van der Waals surface area contributed by atoms with Gasteiger partial charge in [-0.1, -0.05) is 43.8 Å². The molecule has 0 fully saturated rings. The highest BCUT2D eigenvalue weighted by atomic mass is 32.2. The normalized spacial score (nSPS) is 12.0. The number of thioether (sulfide) groups is 1. The second kappa shape index (κ2) is 7.79. The van der Waals surface area contributed by atoms with Crippen molar-refractivity contribution in [1.82, 2.24) is 20.5 Å². The number of urea groups is 1. The van der Waals surface area contributed by atoms with Gasteiger partial charge in [-0.3, -0.25) is 19.9 Å². The molecular weight excluding hydrogens is 344 g/mol. The largest absolute Gasteiger partial charge is 0.398 e. The number of carbonyl (C=O) groups is 2. The molecule has 25 heavy (non-hydrogen) atoms. The van der Waals surface area contributed by atoms with Crippen molar-refractivity contribution >= 4 is 29.4 Å². The molecule has 2 rings (SSSR count). The first-order chi connectivity index (χ1) is 11.8. The Morgan fingerprint density at radius 2 is 1.92 bits per heavy atom. The predicted octanol–water partition coefficient (Wildman–Crippen LogP) is 0.726. The zero-order valence-electron chi connectivity index (χ0n) is 13.6. The molecule has 0 spiro atoms. The van der Waals surface area contributed by atoms with E-state index in [2.05, 4.69) is 15.2 Å². The van der Waals surface area contributed by atoms with Crippen molar-refractivity contribution < 1.29 is 9.59 Å². The lowest BCUT2D eigenvalue weighted by Gasteiger charge is -2.17. The highest BCUT2D eigenvalue weighted by molar-refractivity contribution is 8.00. The summed E-state index contributed by atoms with van der Waals surface area (Å²) in [5.41, 5.74) is 11.3. The molecule has 0 aliphatic carbocycles. The van der Waals surface area contributed by atoms with E-state index >= 15 is 0 Å². The van der Waals surface area contributed by atoms with Crippen molar-refractivity contribution in [2.45, 2.75) is 24.3 Å². The predicted molar refractivity (Wildman–Crippen MR) is 94.7 cm³/mol. The molecule has 3 amide bonds. The number of nitrogens with zero attached hydrogens (tertiary/aromatic N) is 2. The first-order valence-electron chi connectivity index (χ1n) is 7.38. The first kappa shape index (κ1) is 18.5. The number of aromatic amines is 1. The molecule has 0 aliphatic rings. The molecule has 1 atom stereocenters. The monoisotopic (exact) mass is 362 g/mol. The van der Waals surface area contributed by atoms with Crippen LogP contribution in [0.25, 0.3) is 11.3 Å². The highest BCUT2D eigenvalue weighted by Crippen LogP contribution is 2.26. The van der Waals surface area contributed by atoms with E-state index in [1.54, 1.807) is 38.1 Å². The second-order valence-corrected chi connectivity index (χ2v) is 6.66. The van der Waals surface area contributed by atoms with Crippen molar-refractivity contribution in [3.63, 3.8) is 0 Å². The fourth-order valence-corrected chi connectivity index (χ4v) is 2.99. The zero-order valence-corrected chi connectivity index (χ0v) is 14.5. The second-order valence-electron chi connectivity index (χ2n) is 5.53. The average molecular weight is 362 g/mol. The van der Waals surface area contributed by atoms with Crippen LogP contribution in [-0.2, 0) is 4.79 Å². The van der Waals surface area contributed by atoms with Gasteiger partial charge < -0.3 is 11.5 Å². The minimum Gasteiger partial charge on any atom is -0.398 e. The molecule has 1 heterocycles. The van der Waals surface area contributed by atoms with Crippen molar-refractivity contribution in [1.29, 1.82) is 0 Å². The lowest BCUT2D eigenvalue weighted by Crippen LogP contribution is -2.42. The summed E-state index contributed by atoms with van der Waals surface area (Å²) in [6.07, 6.45) is 0. The maximum Gasteiger partial charge on any atom is 0.318 e. The van der Waals surface area contributed by atoms with Gasteiger partial charge >= 0.3 is 6.03 Å². The van der Waals surface area contributed by atoms with Gasteiger partial charge in [0.1, 0.15) is 0 Å². The summed E-state index contributed by atoms with van der Waals surface area (Å²) in [4.78, 5) is 37.8. The number of nitrogens with one attached hydrogen (secondary N) is 2. The van der Waals surface area contributed by atoms with Crippen LogP contribution in [0, 0.1) is 5.92 Å². The van der Waals surface area contributed by atoms with Crippen LogP contribution in [0.5, 0.6) is 0 Å². The standard InChI is InChI=1S/C15H18N6O3S/c1-7(2)11(13(23)18-14(17)24)25-15-19-12(22)10(20-21-15)8-5-3-4-6-9(8)16/h3-7,11H,16H2,1-2H3,(H,19,21,22)(H3,17,18,23,24)/t11-/m1/s1. The maximum absolute atomic E-state index is 12.3. The molecule has 0 saturated heterocycles. The number of amides is 3. The SMILES string of the molecule is CC(C)[C@@H](Sc1nnc(-c2ccccc2N)c(=O)[nH]1)C(=O)NC(N)=O. The van der Waals surface area contributed by atoms with E-state index in [-0.39, 0.29) is 16.8 Å². The minimum atomic E-state index is -0.939. The van der Waals surface area contributed by atoms with Gasteiger partial charge in [-0.15, -0.1) is 10.2 Å². The Morgan fingerprint density at radius 3 is 2.48 bits per heavy atom. The van der Waals surface area contributed by atoms with E-state index in [1.165, 1.54) is 0 Å². The first-order valence-corrected chi connectivity index (χ1v) is 8.26. The van der Waals surface area contributed by atoms with Crippen molar-refractivity contribution in [3.8, 4) is 11.3 Å². The van der Waals surface area contributed by atoms with Crippen LogP contribution in [0.1, 0.15) is 13.8 Å². The molecule has 2 aromatic rings. The van der Waals surface area contributed by atoms with E-state index in [0.29, 0.717) is 11.3 Å². The Kier molecular flexibility index (Phi) is 5.75. The number of carbonyl (C=O) groups excluding carboxylic acids is 2. The van der Waals surface area contributed by atoms with E-state index in [4.69, 9.17) is 11.5 Å². The van der Waals surface area contributed by atoms with Crippen LogP contribution in [0.15, 0.2) is 34.2 Å². The van der Waals surface area contributed by atoms with Gasteiger partial charge in [0.25, 0.3) is 5.56 Å². The van der Waals surface area contributed by atoms with Gasteiger partial charge in [0.2, 0.25) is 5.91 Å². The van der Waals surface area contributed by atoms with E-state index in [9.17, 15) is 14.4 Å². The Balaban J connectivity index is 2.28. The molecule has 6 N–H and O–H groups in total. The van der Waals surface area contributed by atoms with Crippen LogP contribution in [0.3, 0.4) is 0 Å². The average Bonchev–Trinajstić information content (AvgIpc) is 2.52. The summed E-state index contributed by atoms with van der Waals surface area (Å²) in [7, 11) is 0. The van der Waals surface area contributed by atoms with Gasteiger partial charge in [0.15, 0.2) is 10.9 Å². The van der Waals surface area contributed by atoms with Crippen LogP contribution in [0.4, 0.5) is 10.5 Å². The Morgan fingerprint density at radius 1 is 1.24 bits per heavy atom. The Labute approximate surface area is 147 Å². The van der Waals surface area contributed by atoms with E-state index in [1.807, 2.05) is 5.32 Å². The van der Waals surface area contributed by atoms with Crippen LogP contribution in [0.2, 0.25) is 0 Å². The fourth-order valence-electron chi connectivity index (χ4n) is 2.07. The fraction of sp³-hybridized carbons (Fsp3) is 0.267. The number of H-pyrrole nitrogens is 1. The van der Waals surface area contributed by atoms with E-state index in [0.717, 1.165) is 11.8 Å². The number of primary amides is 1. The number of nitrogens with two attached hydrogens (primary N) is 2. The zero-order chi connectivity index (χ0) is 18.6. The summed E-state index contributed by atoms with van der Waals surface area (Å²) in [6.45, 7) is 3.59. The minimum absolute atomic E-state index is 0.0881. The Hall–Kier alpha value is -2.88. The maximum atomic E-state index is 12.3. The van der Waals surface area contributed by atoms with Gasteiger partial charge in [-0.05, 0) is 12.0 Å². The molecule has 9 nitrogen and oxygen atoms in total. The molecule has 0 unspecified atom stereocenters. The summed E-state index contributed by atoms with van der Waals surface area (Å²) < 4.78 is 0. The third kappa shape index (κ3) is 4.57. The van der Waals surface area contributed by atoms with Gasteiger partial charge in [-0.25, -0.2) is 4.79 Å². The number of rotatable bonds is 5. The molecule has 0 bridgehead atoms. The van der Waals surface area contributed by atoms with Crippen LogP contribution in [-0.4, -0.2) is 32.4 Å². The molecular formula is C15H18N6O3S. The Bertz CT molecular complexity index is 851. The molecule has 0 radical (unpaired) electrons. The molecule has 1 aromatic carbocycles. The topological polar surface area (TPSA) is 157 Å². The third-order valence-electron chi connectivity index (χ3n) is 3.24. The lowest BCUT2D eigenvalue weighted by molar-refractivity contribution is -0.120. The summed E-state index contributed by atoms with van der Waals surface area (Å²) >= 11 is 0.989. The number of aromatic nitrogens is 3. The number of imide groups is 1. The number of hydrogen-bond acceptors (Lipinski definition) is 7. The lowest BCUT2D eigenvalue weighted by atomic mass is 10.1. The molecule has 132 valence electrons. The highest BCUT2D eigenvalue weighted by Gasteiger charge is 2.26. The molecule has 10 heteroatoms. The van der Waals surface area contributed by atoms with Crippen molar-refractivity contribution in [2.75, 3.05) is 5.73 Å². The quantitative estimate of drug-likeness (QED) is 0.451. The third-order valence-corrected chi connectivity index (χ3v) is 4.66.